The number of carbonyl (C=O) groups is 1. The summed E-state index contributed by atoms with van der Waals surface area (Å²) in [6, 6.07) is 11.7. The number of benzene rings is 1. The quantitative estimate of drug-likeness (QED) is 0.525. The highest BCUT2D eigenvalue weighted by Crippen LogP contribution is 2.22. The summed E-state index contributed by atoms with van der Waals surface area (Å²) in [7, 11) is 0. The second-order valence-corrected chi connectivity index (χ2v) is 8.19. The van der Waals surface area contributed by atoms with Gasteiger partial charge in [0.2, 0.25) is 11.8 Å². The van der Waals surface area contributed by atoms with Crippen LogP contribution in [0.4, 0.5) is 11.4 Å². The molecular weight excluding hydrogens is 406 g/mol. The highest BCUT2D eigenvalue weighted by molar-refractivity contribution is 5.92. The van der Waals surface area contributed by atoms with Gasteiger partial charge in [-0.15, -0.1) is 10.2 Å². The molecule has 1 N–H and O–H groups in total. The Balaban J connectivity index is 1.32. The van der Waals surface area contributed by atoms with Crippen LogP contribution < -0.4 is 10.2 Å². The summed E-state index contributed by atoms with van der Waals surface area (Å²) in [5.41, 5.74) is 2.03. The Hall–Kier alpha value is -3.13. The molecule has 0 atom stereocenters. The van der Waals surface area contributed by atoms with Crippen LogP contribution in [0.3, 0.4) is 0 Å². The SMILES string of the molecule is CCCN(CC(=O)Nc1ccc(N2CCCCCC2)cc1)Cc1nnc(-c2ccco2)o1. The minimum absolute atomic E-state index is 0.0632. The third-order valence-electron chi connectivity index (χ3n) is 5.59. The van der Waals surface area contributed by atoms with E-state index in [9.17, 15) is 4.79 Å². The first kappa shape index (κ1) is 22.1. The maximum atomic E-state index is 12.7. The Bertz CT molecular complexity index is 960. The van der Waals surface area contributed by atoms with E-state index in [1.165, 1.54) is 31.4 Å². The van der Waals surface area contributed by atoms with Crippen LogP contribution in [0.25, 0.3) is 11.7 Å². The van der Waals surface area contributed by atoms with Gasteiger partial charge >= 0.3 is 0 Å². The maximum Gasteiger partial charge on any atom is 0.283 e. The Morgan fingerprint density at radius 3 is 2.56 bits per heavy atom. The van der Waals surface area contributed by atoms with Crippen LogP contribution in [0.5, 0.6) is 0 Å². The summed E-state index contributed by atoms with van der Waals surface area (Å²) in [4.78, 5) is 17.1. The van der Waals surface area contributed by atoms with Crippen LogP contribution in [0.2, 0.25) is 0 Å². The zero-order valence-electron chi connectivity index (χ0n) is 18.6. The third-order valence-corrected chi connectivity index (χ3v) is 5.59. The second kappa shape index (κ2) is 10.9. The van der Waals surface area contributed by atoms with Crippen LogP contribution >= 0.6 is 0 Å². The first-order chi connectivity index (χ1) is 15.7. The molecule has 1 aliphatic rings. The molecule has 1 amide bonds. The lowest BCUT2D eigenvalue weighted by Crippen LogP contribution is -2.33. The van der Waals surface area contributed by atoms with Crippen LogP contribution in [0, 0.1) is 0 Å². The van der Waals surface area contributed by atoms with Crippen LogP contribution in [0.1, 0.15) is 44.9 Å². The Morgan fingerprint density at radius 1 is 1.09 bits per heavy atom. The lowest BCUT2D eigenvalue weighted by atomic mass is 10.2. The molecule has 3 aromatic rings. The summed E-state index contributed by atoms with van der Waals surface area (Å²) in [5, 5.41) is 11.1. The minimum Gasteiger partial charge on any atom is -0.459 e. The van der Waals surface area contributed by atoms with E-state index in [0.717, 1.165) is 31.7 Å². The Kier molecular flexibility index (Phi) is 7.55. The van der Waals surface area contributed by atoms with Gasteiger partial charge in [0.05, 0.1) is 19.4 Å². The van der Waals surface area contributed by atoms with E-state index in [1.54, 1.807) is 18.4 Å². The molecule has 0 aliphatic carbocycles. The zero-order valence-corrected chi connectivity index (χ0v) is 18.6. The molecule has 8 heteroatoms. The van der Waals surface area contributed by atoms with Crippen molar-refractivity contribution in [2.24, 2.45) is 0 Å². The molecule has 1 fully saturated rings. The summed E-state index contributed by atoms with van der Waals surface area (Å²) in [6.45, 7) is 5.70. The van der Waals surface area contributed by atoms with E-state index in [2.05, 4.69) is 39.5 Å². The molecule has 0 saturated carbocycles. The van der Waals surface area contributed by atoms with Gasteiger partial charge in [-0.05, 0) is 62.2 Å². The molecule has 2 aromatic heterocycles. The average Bonchev–Trinajstić information content (AvgIpc) is 3.41. The predicted octanol–water partition coefficient (Wildman–Crippen LogP) is 4.56. The van der Waals surface area contributed by atoms with Crippen LogP contribution in [-0.2, 0) is 11.3 Å². The monoisotopic (exact) mass is 437 g/mol. The smallest absolute Gasteiger partial charge is 0.283 e. The molecule has 32 heavy (non-hydrogen) atoms. The third kappa shape index (κ3) is 5.97. The van der Waals surface area contributed by atoms with E-state index in [0.29, 0.717) is 24.1 Å². The number of hydrogen-bond acceptors (Lipinski definition) is 7. The number of carbonyl (C=O) groups excluding carboxylic acids is 1. The van der Waals surface area contributed by atoms with Crippen molar-refractivity contribution in [1.29, 1.82) is 0 Å². The lowest BCUT2D eigenvalue weighted by molar-refractivity contribution is -0.117. The first-order valence-corrected chi connectivity index (χ1v) is 11.4. The van der Waals surface area contributed by atoms with Gasteiger partial charge in [-0.3, -0.25) is 9.69 Å². The lowest BCUT2D eigenvalue weighted by Gasteiger charge is -2.23. The topological polar surface area (TPSA) is 87.6 Å². The van der Waals surface area contributed by atoms with E-state index < -0.39 is 0 Å². The predicted molar refractivity (Wildman–Crippen MR) is 123 cm³/mol. The van der Waals surface area contributed by atoms with Crippen molar-refractivity contribution in [1.82, 2.24) is 15.1 Å². The number of aromatic nitrogens is 2. The van der Waals surface area contributed by atoms with E-state index in [-0.39, 0.29) is 12.5 Å². The highest BCUT2D eigenvalue weighted by atomic mass is 16.4. The number of furan rings is 1. The second-order valence-electron chi connectivity index (χ2n) is 8.19. The van der Waals surface area contributed by atoms with E-state index >= 15 is 0 Å². The molecule has 3 heterocycles. The number of amides is 1. The molecular formula is C24H31N5O3. The first-order valence-electron chi connectivity index (χ1n) is 11.4. The number of nitrogens with one attached hydrogen (secondary N) is 1. The number of anilines is 2. The van der Waals surface area contributed by atoms with Gasteiger partial charge in [0, 0.05) is 24.5 Å². The van der Waals surface area contributed by atoms with E-state index in [4.69, 9.17) is 8.83 Å². The fourth-order valence-corrected chi connectivity index (χ4v) is 4.03. The Labute approximate surface area is 188 Å². The number of hydrogen-bond donors (Lipinski definition) is 1. The summed E-state index contributed by atoms with van der Waals surface area (Å²) in [6.07, 6.45) is 7.59. The molecule has 0 bridgehead atoms. The maximum absolute atomic E-state index is 12.7. The van der Waals surface area contributed by atoms with Crippen molar-refractivity contribution in [3.63, 3.8) is 0 Å². The normalized spacial score (nSPS) is 14.5. The molecule has 1 aromatic carbocycles. The van der Waals surface area contributed by atoms with E-state index in [1.807, 2.05) is 17.0 Å². The average molecular weight is 438 g/mol. The molecule has 0 radical (unpaired) electrons. The summed E-state index contributed by atoms with van der Waals surface area (Å²) in [5.74, 6) is 1.27. The largest absolute Gasteiger partial charge is 0.459 e. The molecule has 1 saturated heterocycles. The van der Waals surface area contributed by atoms with Crippen molar-refractivity contribution >= 4 is 17.3 Å². The van der Waals surface area contributed by atoms with Gasteiger partial charge in [0.25, 0.3) is 5.89 Å². The van der Waals surface area contributed by atoms with Crippen molar-refractivity contribution in [3.8, 4) is 11.7 Å². The summed E-state index contributed by atoms with van der Waals surface area (Å²) >= 11 is 0. The Morgan fingerprint density at radius 2 is 1.88 bits per heavy atom. The zero-order chi connectivity index (χ0) is 22.2. The van der Waals surface area contributed by atoms with Gasteiger partial charge in [0.15, 0.2) is 5.76 Å². The molecule has 8 nitrogen and oxygen atoms in total. The fourth-order valence-electron chi connectivity index (χ4n) is 4.03. The van der Waals surface area contributed by atoms with Gasteiger partial charge in [-0.1, -0.05) is 19.8 Å². The van der Waals surface area contributed by atoms with Crippen molar-refractivity contribution in [2.45, 2.75) is 45.6 Å². The molecule has 4 rings (SSSR count). The minimum atomic E-state index is -0.0632. The van der Waals surface area contributed by atoms with Crippen LogP contribution in [0.15, 0.2) is 51.5 Å². The molecule has 1 aliphatic heterocycles. The number of rotatable bonds is 9. The molecule has 170 valence electrons. The van der Waals surface area contributed by atoms with Gasteiger partial charge in [-0.25, -0.2) is 0 Å². The molecule has 0 spiro atoms. The van der Waals surface area contributed by atoms with Crippen molar-refractivity contribution in [3.05, 3.63) is 48.6 Å². The van der Waals surface area contributed by atoms with Crippen molar-refractivity contribution in [2.75, 3.05) is 36.4 Å². The van der Waals surface area contributed by atoms with Crippen molar-refractivity contribution < 1.29 is 13.6 Å². The van der Waals surface area contributed by atoms with Gasteiger partial charge < -0.3 is 19.1 Å². The van der Waals surface area contributed by atoms with Gasteiger partial charge in [0.1, 0.15) is 0 Å². The number of nitrogens with zero attached hydrogens (tertiary/aromatic N) is 4. The van der Waals surface area contributed by atoms with Crippen LogP contribution in [-0.4, -0.2) is 47.2 Å². The van der Waals surface area contributed by atoms with Gasteiger partial charge in [-0.2, -0.15) is 0 Å². The fraction of sp³-hybridized carbons (Fsp3) is 0.458. The highest BCUT2D eigenvalue weighted by Gasteiger charge is 2.17. The summed E-state index contributed by atoms with van der Waals surface area (Å²) < 4.78 is 11.0. The molecule has 0 unspecified atom stereocenters. The standard InChI is InChI=1S/C24H31N5O3/c1-2-13-28(18-23-26-27-24(32-23)21-8-7-16-31-21)17-22(30)25-19-9-11-20(12-10-19)29-14-5-3-4-6-15-29/h7-12,16H,2-6,13-15,17-18H2,1H3,(H,25,30).